The average Bonchev–Trinajstić information content (AvgIpc) is 2.96. The summed E-state index contributed by atoms with van der Waals surface area (Å²) in [6.07, 6.45) is -0.803. The van der Waals surface area contributed by atoms with Crippen molar-refractivity contribution in [3.05, 3.63) is 0 Å². The van der Waals surface area contributed by atoms with Crippen LogP contribution in [0.15, 0.2) is 4.99 Å². The zero-order valence-corrected chi connectivity index (χ0v) is 21.2. The zero-order valence-electron chi connectivity index (χ0n) is 18.3. The van der Waals surface area contributed by atoms with E-state index in [2.05, 4.69) is 9.83 Å². The van der Waals surface area contributed by atoms with Crippen LogP contribution in [0.5, 0.6) is 0 Å². The number of imide groups is 1. The number of nitrogens with zero attached hydrogens (tertiary/aromatic N) is 2. The molecular weight excluding hydrogens is 431 g/mol. The van der Waals surface area contributed by atoms with E-state index >= 15 is 0 Å². The number of carbonyl (C=O) groups excluding carboxylic acids is 4. The molecule has 30 heavy (non-hydrogen) atoms. The van der Waals surface area contributed by atoms with Gasteiger partial charge in [-0.3, -0.25) is 9.59 Å². The molecular formula is C17H25N2NaO9S. The molecule has 13 heteroatoms. The van der Waals surface area contributed by atoms with Gasteiger partial charge in [-0.15, -0.1) is 5.06 Å². The maximum absolute atomic E-state index is 11.5. The second-order valence-corrected chi connectivity index (χ2v) is 9.95. The number of amides is 2. The van der Waals surface area contributed by atoms with E-state index < -0.39 is 50.5 Å². The molecule has 2 rings (SSSR count). The Kier molecular flexibility index (Phi) is 9.42. The summed E-state index contributed by atoms with van der Waals surface area (Å²) >= 11 is 0. The summed E-state index contributed by atoms with van der Waals surface area (Å²) in [5, 5.41) is -1.97. The maximum atomic E-state index is 11.5. The minimum atomic E-state index is -4.94. The molecule has 2 heterocycles. The van der Waals surface area contributed by atoms with E-state index in [1.807, 2.05) is 13.8 Å². The van der Waals surface area contributed by atoms with Crippen LogP contribution in [0.1, 0.15) is 54.9 Å². The van der Waals surface area contributed by atoms with Crippen LogP contribution in [-0.2, 0) is 38.9 Å². The number of hydroxylamine groups is 2. The average molecular weight is 456 g/mol. The van der Waals surface area contributed by atoms with Crippen molar-refractivity contribution in [1.29, 1.82) is 0 Å². The van der Waals surface area contributed by atoms with Crippen molar-refractivity contribution in [2.24, 2.45) is 16.3 Å². The van der Waals surface area contributed by atoms with E-state index in [-0.39, 0.29) is 46.5 Å². The van der Waals surface area contributed by atoms with Crippen molar-refractivity contribution in [3.63, 3.8) is 0 Å². The van der Waals surface area contributed by atoms with Crippen LogP contribution in [-0.4, -0.2) is 58.5 Å². The topological polar surface area (TPSA) is 160 Å². The SMILES string of the molecule is CC(C)(C)C(=O)ON1C(=O)CC(S(=O)(=O)[O-])C1=O.CC(C)C1=NC(C)(C)C(=O)O1.[Na+]. The Balaban J connectivity index is 0.000000603. The Morgan fingerprint density at radius 1 is 1.27 bits per heavy atom. The number of carbonyl (C=O) groups is 4. The Labute approximate surface area is 197 Å². The van der Waals surface area contributed by atoms with E-state index in [0.29, 0.717) is 5.90 Å². The van der Waals surface area contributed by atoms with Gasteiger partial charge in [0.15, 0.2) is 11.4 Å². The van der Waals surface area contributed by atoms with Crippen LogP contribution in [0.25, 0.3) is 0 Å². The molecule has 1 atom stereocenters. The molecule has 1 fully saturated rings. The van der Waals surface area contributed by atoms with E-state index in [1.54, 1.807) is 13.8 Å². The Bertz CT molecular complexity index is 857. The van der Waals surface area contributed by atoms with Gasteiger partial charge in [0.1, 0.15) is 15.4 Å². The number of aliphatic imine (C=N–C) groups is 1. The quantitative estimate of drug-likeness (QED) is 0.194. The number of ether oxygens (including phenoxy) is 1. The summed E-state index contributed by atoms with van der Waals surface area (Å²) in [6.45, 7) is 11.9. The third-order valence-electron chi connectivity index (χ3n) is 3.78. The number of rotatable bonds is 3. The first-order valence-electron chi connectivity index (χ1n) is 8.74. The molecule has 0 aromatic heterocycles. The molecule has 0 radical (unpaired) electrons. The minimum Gasteiger partial charge on any atom is -0.747 e. The smallest absolute Gasteiger partial charge is 0.747 e. The third-order valence-corrected chi connectivity index (χ3v) is 4.84. The first-order valence-corrected chi connectivity index (χ1v) is 10.2. The molecule has 1 saturated heterocycles. The van der Waals surface area contributed by atoms with Crippen LogP contribution < -0.4 is 29.6 Å². The van der Waals surface area contributed by atoms with Crippen molar-refractivity contribution in [1.82, 2.24) is 5.06 Å². The predicted molar refractivity (Wildman–Crippen MR) is 97.9 cm³/mol. The van der Waals surface area contributed by atoms with Gasteiger partial charge in [-0.2, -0.15) is 0 Å². The van der Waals surface area contributed by atoms with Gasteiger partial charge in [0.25, 0.3) is 11.8 Å². The fourth-order valence-corrected chi connectivity index (χ4v) is 2.62. The monoisotopic (exact) mass is 456 g/mol. The van der Waals surface area contributed by atoms with E-state index in [1.165, 1.54) is 20.8 Å². The largest absolute Gasteiger partial charge is 1.00 e. The molecule has 0 aromatic carbocycles. The van der Waals surface area contributed by atoms with Gasteiger partial charge in [-0.25, -0.2) is 23.0 Å². The van der Waals surface area contributed by atoms with Gasteiger partial charge in [-0.05, 0) is 34.6 Å². The summed E-state index contributed by atoms with van der Waals surface area (Å²) in [7, 11) is -4.94. The molecule has 0 bridgehead atoms. The van der Waals surface area contributed by atoms with Crippen LogP contribution in [0.2, 0.25) is 0 Å². The molecule has 2 amide bonds. The minimum absolute atomic E-state index is 0. The summed E-state index contributed by atoms with van der Waals surface area (Å²) < 4.78 is 37.1. The van der Waals surface area contributed by atoms with Crippen molar-refractivity contribution in [2.45, 2.75) is 65.7 Å². The normalized spacial score (nSPS) is 20.8. The van der Waals surface area contributed by atoms with Gasteiger partial charge >= 0.3 is 41.5 Å². The van der Waals surface area contributed by atoms with E-state index in [0.717, 1.165) is 0 Å². The Morgan fingerprint density at radius 3 is 2.03 bits per heavy atom. The van der Waals surface area contributed by atoms with Gasteiger partial charge < -0.3 is 14.1 Å². The second kappa shape index (κ2) is 9.86. The first kappa shape index (κ1) is 28.7. The zero-order chi connectivity index (χ0) is 22.9. The van der Waals surface area contributed by atoms with Gasteiger partial charge in [0, 0.05) is 5.92 Å². The molecule has 0 aliphatic carbocycles. The summed E-state index contributed by atoms with van der Waals surface area (Å²) in [6, 6.07) is 0. The summed E-state index contributed by atoms with van der Waals surface area (Å²) in [5.41, 5.74) is -1.64. The third kappa shape index (κ3) is 7.12. The summed E-state index contributed by atoms with van der Waals surface area (Å²) in [5.74, 6) is -2.73. The first-order chi connectivity index (χ1) is 12.9. The maximum Gasteiger partial charge on any atom is 1.00 e. The molecule has 11 nitrogen and oxygen atoms in total. The van der Waals surface area contributed by atoms with Gasteiger partial charge in [-0.1, -0.05) is 13.8 Å². The number of hydrogen-bond donors (Lipinski definition) is 0. The summed E-state index contributed by atoms with van der Waals surface area (Å²) in [4.78, 5) is 54.0. The molecule has 0 spiro atoms. The van der Waals surface area contributed by atoms with Gasteiger partial charge in [0.2, 0.25) is 0 Å². The van der Waals surface area contributed by atoms with Crippen molar-refractivity contribution < 1.29 is 71.3 Å². The molecule has 0 N–H and O–H groups in total. The van der Waals surface area contributed by atoms with Crippen LogP contribution >= 0.6 is 0 Å². The Morgan fingerprint density at radius 2 is 1.77 bits per heavy atom. The van der Waals surface area contributed by atoms with Crippen LogP contribution in [0, 0.1) is 11.3 Å². The molecule has 2 aliphatic heterocycles. The standard InChI is InChI=1S/C9H13NO7S.C8H13NO2.Na/c1-9(2,3)8(13)17-10-6(11)4-5(7(10)12)18(14,15)16;1-5(2)6-9-8(3,4)7(10)11-6;/h5H,4H2,1-3H3,(H,14,15,16);5H,1-4H3;/q;;+1/p-1. The van der Waals surface area contributed by atoms with Gasteiger partial charge in [0.05, 0.1) is 11.8 Å². The van der Waals surface area contributed by atoms with E-state index in [9.17, 15) is 32.1 Å². The molecule has 2 aliphatic rings. The number of cyclic esters (lactones) is 1. The molecule has 164 valence electrons. The number of esters is 1. The molecule has 0 saturated carbocycles. The van der Waals surface area contributed by atoms with Crippen molar-refractivity contribution >= 4 is 39.8 Å². The molecule has 0 aromatic rings. The number of hydrogen-bond acceptors (Lipinski definition) is 10. The predicted octanol–water partition coefficient (Wildman–Crippen LogP) is -2.46. The molecule has 1 unspecified atom stereocenters. The van der Waals surface area contributed by atoms with Crippen molar-refractivity contribution in [2.75, 3.05) is 0 Å². The Hall–Kier alpha value is -1.34. The fourth-order valence-electron chi connectivity index (χ4n) is 1.93. The fraction of sp³-hybridized carbons (Fsp3) is 0.706. The van der Waals surface area contributed by atoms with Crippen LogP contribution in [0.3, 0.4) is 0 Å². The van der Waals surface area contributed by atoms with Crippen molar-refractivity contribution in [3.8, 4) is 0 Å². The van der Waals surface area contributed by atoms with E-state index in [4.69, 9.17) is 4.74 Å². The van der Waals surface area contributed by atoms with Crippen LogP contribution in [0.4, 0.5) is 0 Å². The second-order valence-electron chi connectivity index (χ2n) is 8.39.